The number of ether oxygens (including phenoxy) is 3. The minimum Gasteiger partial charge on any atom is -0.457 e. The number of hydrogen-bond donors (Lipinski definition) is 0. The van der Waals surface area contributed by atoms with Crippen LogP contribution in [0.2, 0.25) is 0 Å². The Hall–Kier alpha value is -1.26. The zero-order valence-corrected chi connectivity index (χ0v) is 14.7. The summed E-state index contributed by atoms with van der Waals surface area (Å²) in [6, 6.07) is 0. The Kier molecular flexibility index (Phi) is 6.69. The molecular weight excluding hydrogens is 284 g/mol. The molecule has 3 atom stereocenters. The summed E-state index contributed by atoms with van der Waals surface area (Å²) < 4.78 is 15.4. The van der Waals surface area contributed by atoms with Crippen molar-refractivity contribution in [1.82, 2.24) is 0 Å². The third kappa shape index (κ3) is 6.67. The highest BCUT2D eigenvalue weighted by atomic mass is 16.7. The molecule has 0 radical (unpaired) electrons. The number of esters is 1. The Morgan fingerprint density at radius 3 is 2.36 bits per heavy atom. The third-order valence-electron chi connectivity index (χ3n) is 3.94. The van der Waals surface area contributed by atoms with Crippen LogP contribution in [0.15, 0.2) is 0 Å². The standard InChI is InChI=1S/C17H30O5/c1-11(2)13-8-7-12(3)9-14(13)21-16(19)20-10-15(18)22-17(4,5)6/h11-14H,7-10H2,1-6H3. The zero-order valence-electron chi connectivity index (χ0n) is 14.7. The van der Waals surface area contributed by atoms with E-state index in [0.717, 1.165) is 19.3 Å². The largest absolute Gasteiger partial charge is 0.509 e. The van der Waals surface area contributed by atoms with E-state index in [-0.39, 0.29) is 6.10 Å². The maximum absolute atomic E-state index is 11.8. The lowest BCUT2D eigenvalue weighted by atomic mass is 9.75. The van der Waals surface area contributed by atoms with Gasteiger partial charge in [-0.05, 0) is 51.4 Å². The van der Waals surface area contributed by atoms with E-state index in [1.54, 1.807) is 20.8 Å². The maximum Gasteiger partial charge on any atom is 0.509 e. The second-order valence-electron chi connectivity index (χ2n) is 7.61. The molecule has 0 amide bonds. The average Bonchev–Trinajstić information content (AvgIpc) is 2.34. The van der Waals surface area contributed by atoms with Crippen LogP contribution in [0, 0.1) is 17.8 Å². The topological polar surface area (TPSA) is 61.8 Å². The van der Waals surface area contributed by atoms with Crippen molar-refractivity contribution in [1.29, 1.82) is 0 Å². The first-order valence-electron chi connectivity index (χ1n) is 8.13. The van der Waals surface area contributed by atoms with E-state index in [1.807, 2.05) is 0 Å². The van der Waals surface area contributed by atoms with Gasteiger partial charge in [0.1, 0.15) is 11.7 Å². The quantitative estimate of drug-likeness (QED) is 0.735. The van der Waals surface area contributed by atoms with E-state index < -0.39 is 24.3 Å². The highest BCUT2D eigenvalue weighted by Gasteiger charge is 2.34. The first-order chi connectivity index (χ1) is 10.1. The zero-order chi connectivity index (χ0) is 16.9. The predicted molar refractivity (Wildman–Crippen MR) is 83.4 cm³/mol. The molecule has 1 aliphatic rings. The van der Waals surface area contributed by atoms with Crippen LogP contribution in [-0.2, 0) is 19.0 Å². The molecule has 0 aromatic carbocycles. The molecule has 0 aromatic heterocycles. The van der Waals surface area contributed by atoms with E-state index in [4.69, 9.17) is 14.2 Å². The van der Waals surface area contributed by atoms with Gasteiger partial charge in [-0.15, -0.1) is 0 Å². The smallest absolute Gasteiger partial charge is 0.457 e. The van der Waals surface area contributed by atoms with Crippen molar-refractivity contribution in [3.8, 4) is 0 Å². The molecule has 22 heavy (non-hydrogen) atoms. The molecule has 0 aliphatic heterocycles. The monoisotopic (exact) mass is 314 g/mol. The Morgan fingerprint density at radius 1 is 1.18 bits per heavy atom. The predicted octanol–water partition coefficient (Wildman–Crippen LogP) is 3.94. The summed E-state index contributed by atoms with van der Waals surface area (Å²) in [5.41, 5.74) is -0.591. The molecule has 0 N–H and O–H groups in total. The van der Waals surface area contributed by atoms with Gasteiger partial charge in [0, 0.05) is 0 Å². The van der Waals surface area contributed by atoms with Crippen molar-refractivity contribution in [3.63, 3.8) is 0 Å². The van der Waals surface area contributed by atoms with Crippen LogP contribution in [0.25, 0.3) is 0 Å². The van der Waals surface area contributed by atoms with Crippen molar-refractivity contribution in [2.75, 3.05) is 6.61 Å². The Balaban J connectivity index is 2.44. The van der Waals surface area contributed by atoms with E-state index >= 15 is 0 Å². The molecule has 3 unspecified atom stereocenters. The number of hydrogen-bond acceptors (Lipinski definition) is 5. The fourth-order valence-electron chi connectivity index (χ4n) is 2.90. The highest BCUT2D eigenvalue weighted by Crippen LogP contribution is 2.35. The SMILES string of the molecule is CC1CCC(C(C)C)C(OC(=O)OCC(=O)OC(C)(C)C)C1. The summed E-state index contributed by atoms with van der Waals surface area (Å²) in [7, 11) is 0. The van der Waals surface area contributed by atoms with E-state index in [2.05, 4.69) is 20.8 Å². The van der Waals surface area contributed by atoms with Gasteiger partial charge in [-0.3, -0.25) is 0 Å². The van der Waals surface area contributed by atoms with Gasteiger partial charge < -0.3 is 14.2 Å². The molecule has 128 valence electrons. The molecule has 1 fully saturated rings. The summed E-state index contributed by atoms with van der Waals surface area (Å²) in [4.78, 5) is 23.3. The summed E-state index contributed by atoms with van der Waals surface area (Å²) in [5, 5.41) is 0. The van der Waals surface area contributed by atoms with Gasteiger partial charge in [-0.25, -0.2) is 9.59 Å². The highest BCUT2D eigenvalue weighted by molar-refractivity contribution is 5.74. The second kappa shape index (κ2) is 7.84. The minimum absolute atomic E-state index is 0.130. The van der Waals surface area contributed by atoms with Crippen molar-refractivity contribution in [3.05, 3.63) is 0 Å². The minimum atomic E-state index is -0.782. The molecule has 1 saturated carbocycles. The normalized spacial score (nSPS) is 25.7. The first-order valence-corrected chi connectivity index (χ1v) is 8.13. The van der Waals surface area contributed by atoms with Gasteiger partial charge in [0.25, 0.3) is 0 Å². The number of carbonyl (C=O) groups is 2. The third-order valence-corrected chi connectivity index (χ3v) is 3.94. The molecule has 0 aromatic rings. The Labute approximate surface area is 133 Å². The van der Waals surface area contributed by atoms with Gasteiger partial charge in [0.05, 0.1) is 0 Å². The van der Waals surface area contributed by atoms with Crippen molar-refractivity contribution >= 4 is 12.1 Å². The van der Waals surface area contributed by atoms with Gasteiger partial charge in [-0.2, -0.15) is 0 Å². The van der Waals surface area contributed by atoms with Crippen molar-refractivity contribution in [2.24, 2.45) is 17.8 Å². The molecule has 0 heterocycles. The molecule has 0 bridgehead atoms. The number of rotatable bonds is 4. The lowest BCUT2D eigenvalue weighted by molar-refractivity contribution is -0.159. The van der Waals surface area contributed by atoms with Crippen LogP contribution in [0.3, 0.4) is 0 Å². The molecule has 0 saturated heterocycles. The van der Waals surface area contributed by atoms with Gasteiger partial charge in [0.15, 0.2) is 6.61 Å². The van der Waals surface area contributed by atoms with E-state index in [1.165, 1.54) is 0 Å². The van der Waals surface area contributed by atoms with E-state index in [0.29, 0.717) is 17.8 Å². The second-order valence-corrected chi connectivity index (χ2v) is 7.61. The average molecular weight is 314 g/mol. The van der Waals surface area contributed by atoms with Crippen molar-refractivity contribution in [2.45, 2.75) is 72.5 Å². The van der Waals surface area contributed by atoms with Crippen LogP contribution in [0.4, 0.5) is 4.79 Å². The van der Waals surface area contributed by atoms with Crippen molar-refractivity contribution < 1.29 is 23.8 Å². The molecule has 1 aliphatic carbocycles. The number of carbonyl (C=O) groups excluding carboxylic acids is 2. The van der Waals surface area contributed by atoms with Crippen LogP contribution in [0.1, 0.15) is 60.8 Å². The van der Waals surface area contributed by atoms with Crippen LogP contribution < -0.4 is 0 Å². The van der Waals surface area contributed by atoms with Crippen LogP contribution in [0.5, 0.6) is 0 Å². The van der Waals surface area contributed by atoms with Gasteiger partial charge >= 0.3 is 12.1 Å². The van der Waals surface area contributed by atoms with Crippen LogP contribution >= 0.6 is 0 Å². The van der Waals surface area contributed by atoms with E-state index in [9.17, 15) is 9.59 Å². The Bertz CT molecular complexity index is 383. The fourth-order valence-corrected chi connectivity index (χ4v) is 2.90. The lowest BCUT2D eigenvalue weighted by Gasteiger charge is -2.36. The molecule has 1 rings (SSSR count). The fraction of sp³-hybridized carbons (Fsp3) is 0.882. The molecular formula is C17H30O5. The summed E-state index contributed by atoms with van der Waals surface area (Å²) >= 11 is 0. The lowest BCUT2D eigenvalue weighted by Crippen LogP contribution is -2.36. The summed E-state index contributed by atoms with van der Waals surface area (Å²) in [6.45, 7) is 11.3. The molecule has 5 heteroatoms. The summed E-state index contributed by atoms with van der Waals surface area (Å²) in [6.07, 6.45) is 2.16. The van der Waals surface area contributed by atoms with Gasteiger partial charge in [0.2, 0.25) is 0 Å². The molecule has 5 nitrogen and oxygen atoms in total. The maximum atomic E-state index is 11.8. The van der Waals surface area contributed by atoms with Crippen LogP contribution in [-0.4, -0.2) is 30.4 Å². The first kappa shape index (κ1) is 18.8. The van der Waals surface area contributed by atoms with Gasteiger partial charge in [-0.1, -0.05) is 27.2 Å². The Morgan fingerprint density at radius 2 is 1.82 bits per heavy atom. The molecule has 0 spiro atoms. The summed E-state index contributed by atoms with van der Waals surface area (Å²) in [5.74, 6) is 0.780.